The van der Waals surface area contributed by atoms with E-state index in [9.17, 15) is 27.6 Å². The van der Waals surface area contributed by atoms with Gasteiger partial charge in [0.2, 0.25) is 17.8 Å². The number of ether oxygens (including phenoxy) is 1. The lowest BCUT2D eigenvalue weighted by Gasteiger charge is -2.43. The average Bonchev–Trinajstić information content (AvgIpc) is 3.75. The Bertz CT molecular complexity index is 2330. The van der Waals surface area contributed by atoms with Crippen LogP contribution in [0.2, 0.25) is 0 Å². The molecule has 2 aromatic carbocycles. The fraction of sp³-hybridized carbons (Fsp3) is 0.500. The smallest absolute Gasteiger partial charge is 0.380 e. The zero-order chi connectivity index (χ0) is 41.1. The molecule has 3 aliphatic heterocycles. The van der Waals surface area contributed by atoms with Crippen LogP contribution in [0.5, 0.6) is 0 Å². The maximum Gasteiger partial charge on any atom is 0.390 e. The van der Waals surface area contributed by atoms with E-state index in [2.05, 4.69) is 64.6 Å². The topological polar surface area (TPSA) is 146 Å². The van der Waals surface area contributed by atoms with Gasteiger partial charge in [0.25, 0.3) is 0 Å². The lowest BCUT2D eigenvalue weighted by molar-refractivity contribution is -0.136. The number of piperazine rings is 1. The van der Waals surface area contributed by atoms with Crippen LogP contribution in [0.3, 0.4) is 0 Å². The summed E-state index contributed by atoms with van der Waals surface area (Å²) in [6.45, 7) is 8.98. The fourth-order valence-corrected chi connectivity index (χ4v) is 8.69. The van der Waals surface area contributed by atoms with Crippen molar-refractivity contribution < 1.29 is 27.5 Å². The summed E-state index contributed by atoms with van der Waals surface area (Å²) in [4.78, 5) is 56.6. The molecule has 0 saturated carbocycles. The van der Waals surface area contributed by atoms with E-state index < -0.39 is 24.5 Å². The number of hydrogen-bond donors (Lipinski definition) is 3. The van der Waals surface area contributed by atoms with Crippen LogP contribution in [0.4, 0.5) is 19.1 Å². The molecule has 14 nitrogen and oxygen atoms in total. The van der Waals surface area contributed by atoms with Crippen molar-refractivity contribution in [1.82, 2.24) is 44.1 Å². The number of carbonyl (C=O) groups is 2. The number of aromatic amines is 1. The summed E-state index contributed by atoms with van der Waals surface area (Å²) in [5.74, 6) is -0.577. The molecular weight excluding hydrogens is 766 g/mol. The zero-order valence-corrected chi connectivity index (χ0v) is 33.3. The standard InChI is InChI=1S/C42H51F3N10O4/c1-51-36-23-28(6-9-34(36)55(41(51)58)35-10-11-37(56)49-39(35)57)12-21-59-22-20-52-15-2-3-31(27-52)54-18-16-53(17-19-54)26-29-4-7-30(8-5-29)32-24-47-38-33(32)25-48-40(50-38)46-14-13-42(43,44)45/h4-9,23-25,31,35H,2-3,10-22,26-27H2,1H3,(H,49,56,57)(H2,46,47,48,50). The summed E-state index contributed by atoms with van der Waals surface area (Å²) in [5, 5.41) is 5.81. The van der Waals surface area contributed by atoms with Gasteiger partial charge in [0.1, 0.15) is 11.7 Å². The number of nitrogens with zero attached hydrogens (tertiary/aromatic N) is 7. The predicted molar refractivity (Wildman–Crippen MR) is 218 cm³/mol. The number of rotatable bonds is 14. The van der Waals surface area contributed by atoms with Crippen molar-refractivity contribution in [2.24, 2.45) is 7.05 Å². The number of imide groups is 1. The number of nitrogens with one attached hydrogen (secondary N) is 3. The van der Waals surface area contributed by atoms with Gasteiger partial charge in [-0.15, -0.1) is 0 Å². The Morgan fingerprint density at radius 1 is 0.932 bits per heavy atom. The monoisotopic (exact) mass is 816 g/mol. The first-order chi connectivity index (χ1) is 28.5. The molecule has 8 rings (SSSR count). The molecule has 17 heteroatoms. The molecule has 59 heavy (non-hydrogen) atoms. The summed E-state index contributed by atoms with van der Waals surface area (Å²) in [6, 6.07) is 14.2. The number of aryl methyl sites for hydroxylation is 1. The number of aromatic nitrogens is 5. The number of alkyl halides is 3. The first-order valence-corrected chi connectivity index (χ1v) is 20.5. The number of H-pyrrole nitrogens is 1. The number of anilines is 1. The van der Waals surface area contributed by atoms with Crippen LogP contribution in [0.25, 0.3) is 33.2 Å². The van der Waals surface area contributed by atoms with Crippen molar-refractivity contribution in [2.75, 3.05) is 70.9 Å². The second-order valence-electron chi connectivity index (χ2n) is 15.9. The normalized spacial score (nSPS) is 20.1. The number of carbonyl (C=O) groups excluding carboxylic acids is 2. The third-order valence-corrected chi connectivity index (χ3v) is 12.0. The fourth-order valence-electron chi connectivity index (χ4n) is 8.69. The van der Waals surface area contributed by atoms with Gasteiger partial charge in [0.15, 0.2) is 0 Å². The molecule has 314 valence electrons. The van der Waals surface area contributed by atoms with Crippen LogP contribution in [0, 0.1) is 0 Å². The SMILES string of the molecule is Cn1c(=O)n(C2CCC(=O)NC2=O)c2ccc(CCOCCN3CCCC(N4CCN(Cc5ccc(-c6c[nH]c7nc(NCCC(F)(F)F)ncc67)cc5)CC4)C3)cc21. The molecule has 3 aromatic heterocycles. The van der Waals surface area contributed by atoms with Gasteiger partial charge in [-0.3, -0.25) is 38.7 Å². The van der Waals surface area contributed by atoms with Crippen LogP contribution < -0.4 is 16.3 Å². The quantitative estimate of drug-likeness (QED) is 0.109. The van der Waals surface area contributed by atoms with Gasteiger partial charge in [-0.2, -0.15) is 18.2 Å². The van der Waals surface area contributed by atoms with E-state index in [0.717, 1.165) is 80.0 Å². The third-order valence-electron chi connectivity index (χ3n) is 12.0. The van der Waals surface area contributed by atoms with Gasteiger partial charge < -0.3 is 15.0 Å². The Labute approximate surface area is 339 Å². The van der Waals surface area contributed by atoms with E-state index in [0.29, 0.717) is 43.3 Å². The van der Waals surface area contributed by atoms with Gasteiger partial charge >= 0.3 is 11.9 Å². The van der Waals surface area contributed by atoms with Crippen LogP contribution in [0.1, 0.15) is 49.3 Å². The Balaban J connectivity index is 0.754. The van der Waals surface area contributed by atoms with Crippen molar-refractivity contribution in [1.29, 1.82) is 0 Å². The molecule has 0 bridgehead atoms. The largest absolute Gasteiger partial charge is 0.390 e. The second kappa shape index (κ2) is 17.6. The Kier molecular flexibility index (Phi) is 12.2. The molecule has 2 atom stereocenters. The Morgan fingerprint density at radius 3 is 2.51 bits per heavy atom. The van der Waals surface area contributed by atoms with E-state index in [1.165, 1.54) is 23.0 Å². The number of fused-ring (bicyclic) bond motifs is 2. The van der Waals surface area contributed by atoms with E-state index >= 15 is 0 Å². The van der Waals surface area contributed by atoms with Crippen molar-refractivity contribution >= 4 is 39.8 Å². The number of hydrogen-bond acceptors (Lipinski definition) is 10. The highest BCUT2D eigenvalue weighted by Gasteiger charge is 2.32. The van der Waals surface area contributed by atoms with Gasteiger partial charge in [0.05, 0.1) is 30.7 Å². The van der Waals surface area contributed by atoms with E-state index in [1.54, 1.807) is 17.8 Å². The summed E-state index contributed by atoms with van der Waals surface area (Å²) in [7, 11) is 1.71. The van der Waals surface area contributed by atoms with Crippen molar-refractivity contribution in [3.8, 4) is 11.1 Å². The molecule has 3 N–H and O–H groups in total. The van der Waals surface area contributed by atoms with Crippen LogP contribution in [-0.4, -0.2) is 128 Å². The third kappa shape index (κ3) is 9.53. The number of piperidine rings is 2. The molecule has 5 aromatic rings. The van der Waals surface area contributed by atoms with Gasteiger partial charge in [-0.25, -0.2) is 9.78 Å². The molecular formula is C42H51F3N10O4. The minimum atomic E-state index is -4.23. The van der Waals surface area contributed by atoms with E-state index in [1.807, 2.05) is 24.4 Å². The van der Waals surface area contributed by atoms with Gasteiger partial charge in [-0.1, -0.05) is 30.3 Å². The molecule has 2 unspecified atom stereocenters. The highest BCUT2D eigenvalue weighted by atomic mass is 19.4. The van der Waals surface area contributed by atoms with Crippen LogP contribution in [-0.2, 0) is 34.3 Å². The van der Waals surface area contributed by atoms with Crippen LogP contribution >= 0.6 is 0 Å². The molecule has 2 amide bonds. The molecule has 0 spiro atoms. The van der Waals surface area contributed by atoms with Crippen molar-refractivity contribution in [3.05, 3.63) is 76.5 Å². The highest BCUT2D eigenvalue weighted by Crippen LogP contribution is 2.29. The summed E-state index contributed by atoms with van der Waals surface area (Å²) >= 11 is 0. The minimum absolute atomic E-state index is 0.163. The molecule has 0 radical (unpaired) electrons. The number of halogens is 3. The lowest BCUT2D eigenvalue weighted by atomic mass is 10.0. The molecule has 6 heterocycles. The van der Waals surface area contributed by atoms with Crippen LogP contribution in [0.15, 0.2) is 59.7 Å². The maximum atomic E-state index is 13.1. The molecule has 3 saturated heterocycles. The van der Waals surface area contributed by atoms with Crippen molar-refractivity contribution in [2.45, 2.75) is 63.3 Å². The first kappa shape index (κ1) is 40.7. The highest BCUT2D eigenvalue weighted by molar-refractivity contribution is 6.00. The average molecular weight is 817 g/mol. The van der Waals surface area contributed by atoms with Gasteiger partial charge in [0, 0.05) is 95.2 Å². The molecule has 3 fully saturated rings. The Hall–Kier alpha value is -5.10. The molecule has 0 aliphatic carbocycles. The number of imidazole rings is 1. The summed E-state index contributed by atoms with van der Waals surface area (Å²) in [5.41, 5.74) is 6.01. The van der Waals surface area contributed by atoms with Gasteiger partial charge in [-0.05, 0) is 61.1 Å². The molecule has 3 aliphatic rings. The summed E-state index contributed by atoms with van der Waals surface area (Å²) in [6.07, 6.45) is 1.94. The second-order valence-corrected chi connectivity index (χ2v) is 15.9. The minimum Gasteiger partial charge on any atom is -0.380 e. The van der Waals surface area contributed by atoms with E-state index in [-0.39, 0.29) is 30.5 Å². The Morgan fingerprint density at radius 2 is 1.73 bits per heavy atom. The summed E-state index contributed by atoms with van der Waals surface area (Å²) < 4.78 is 46.7. The maximum absolute atomic E-state index is 13.1. The predicted octanol–water partition coefficient (Wildman–Crippen LogP) is 4.46. The van der Waals surface area contributed by atoms with Crippen molar-refractivity contribution in [3.63, 3.8) is 0 Å². The zero-order valence-electron chi connectivity index (χ0n) is 33.3. The number of likely N-dealkylation sites (tertiary alicyclic amines) is 1. The number of amides is 2. The first-order valence-electron chi connectivity index (χ1n) is 20.5. The number of benzene rings is 2. The lowest BCUT2D eigenvalue weighted by Crippen LogP contribution is -2.55. The van der Waals surface area contributed by atoms with E-state index in [4.69, 9.17) is 4.74 Å².